The van der Waals surface area contributed by atoms with Crippen molar-refractivity contribution in [3.05, 3.63) is 102 Å². The van der Waals surface area contributed by atoms with Crippen molar-refractivity contribution in [2.75, 3.05) is 20.2 Å². The Hall–Kier alpha value is -3.92. The summed E-state index contributed by atoms with van der Waals surface area (Å²) in [6.07, 6.45) is -0.233. The monoisotopic (exact) mass is 492 g/mol. The minimum atomic E-state index is -0.627. The Bertz CT molecular complexity index is 1060. The fraction of sp³-hybridized carbons (Fsp3) is 0.259. The Morgan fingerprint density at radius 2 is 1.53 bits per heavy atom. The third-order valence-corrected chi connectivity index (χ3v) is 5.15. The van der Waals surface area contributed by atoms with Crippen molar-refractivity contribution in [1.29, 1.82) is 0 Å². The molecule has 3 aromatic carbocycles. The minimum absolute atomic E-state index is 0.135. The van der Waals surface area contributed by atoms with Gasteiger partial charge in [-0.3, -0.25) is 15.1 Å². The quantitative estimate of drug-likeness (QED) is 0.273. The number of hydrogen-bond acceptors (Lipinski definition) is 6. The van der Waals surface area contributed by atoms with Crippen LogP contribution in [-0.4, -0.2) is 48.4 Å². The summed E-state index contributed by atoms with van der Waals surface area (Å²) < 4.78 is 5.78. The molecule has 0 spiro atoms. The number of nitrogens with zero attached hydrogens (tertiary/aromatic N) is 1. The number of hydroxylamine groups is 1. The summed E-state index contributed by atoms with van der Waals surface area (Å²) in [5.41, 5.74) is 7.85. The van der Waals surface area contributed by atoms with Gasteiger partial charge in [0.1, 0.15) is 18.5 Å². The van der Waals surface area contributed by atoms with E-state index >= 15 is 0 Å². The van der Waals surface area contributed by atoms with Gasteiger partial charge in [-0.1, -0.05) is 72.8 Å². The molecule has 9 heteroatoms. The van der Waals surface area contributed by atoms with E-state index in [4.69, 9.17) is 9.57 Å². The Morgan fingerprint density at radius 1 is 0.889 bits per heavy atom. The lowest BCUT2D eigenvalue weighted by atomic mass is 10.1. The molecular weight excluding hydrogens is 460 g/mol. The third-order valence-electron chi connectivity index (χ3n) is 5.15. The van der Waals surface area contributed by atoms with Gasteiger partial charge in [0, 0.05) is 20.0 Å². The number of hydrazine groups is 1. The summed E-state index contributed by atoms with van der Waals surface area (Å²) in [5, 5.41) is 13.7. The van der Waals surface area contributed by atoms with Gasteiger partial charge in [0.05, 0.1) is 13.2 Å². The lowest BCUT2D eigenvalue weighted by molar-refractivity contribution is -0.141. The van der Waals surface area contributed by atoms with E-state index in [1.807, 2.05) is 84.9 Å². The Labute approximate surface area is 211 Å². The predicted molar refractivity (Wildman–Crippen MR) is 135 cm³/mol. The molecular formula is C27H32N4O5. The average molecular weight is 493 g/mol. The topological polar surface area (TPSA) is 112 Å². The molecule has 0 heterocycles. The van der Waals surface area contributed by atoms with E-state index in [0.29, 0.717) is 19.6 Å². The van der Waals surface area contributed by atoms with Gasteiger partial charge < -0.3 is 15.2 Å². The number of aliphatic hydroxyl groups is 1. The molecule has 3 rings (SSSR count). The lowest BCUT2D eigenvalue weighted by Gasteiger charge is -2.20. The van der Waals surface area contributed by atoms with E-state index in [1.54, 1.807) is 7.05 Å². The number of aliphatic hydroxyl groups excluding tert-OH is 1. The number of likely N-dealkylation sites (N-methyl/N-ethyl adjacent to an activating group) is 1. The first kappa shape index (κ1) is 26.7. The van der Waals surface area contributed by atoms with E-state index in [-0.39, 0.29) is 13.2 Å². The van der Waals surface area contributed by atoms with Gasteiger partial charge in [0.15, 0.2) is 0 Å². The summed E-state index contributed by atoms with van der Waals surface area (Å²) in [7, 11) is 1.56. The second-order valence-electron chi connectivity index (χ2n) is 8.21. The molecule has 36 heavy (non-hydrogen) atoms. The van der Waals surface area contributed by atoms with E-state index in [9.17, 15) is 14.7 Å². The fourth-order valence-corrected chi connectivity index (χ4v) is 3.30. The zero-order chi connectivity index (χ0) is 25.6. The maximum Gasteiger partial charge on any atom is 0.329 e. The maximum atomic E-state index is 12.2. The predicted octanol–water partition coefficient (Wildman–Crippen LogP) is 2.56. The molecule has 0 bridgehead atoms. The molecule has 0 aliphatic heterocycles. The first-order chi connectivity index (χ1) is 17.5. The van der Waals surface area contributed by atoms with Crippen LogP contribution in [0.25, 0.3) is 0 Å². The van der Waals surface area contributed by atoms with Gasteiger partial charge in [-0.05, 0) is 28.8 Å². The second-order valence-corrected chi connectivity index (χ2v) is 8.21. The van der Waals surface area contributed by atoms with Crippen LogP contribution >= 0.6 is 0 Å². The fourth-order valence-electron chi connectivity index (χ4n) is 3.30. The van der Waals surface area contributed by atoms with Crippen LogP contribution in [0.15, 0.2) is 84.9 Å². The van der Waals surface area contributed by atoms with Crippen LogP contribution in [0.2, 0.25) is 0 Å². The van der Waals surface area contributed by atoms with Crippen LogP contribution < -0.4 is 21.0 Å². The van der Waals surface area contributed by atoms with Gasteiger partial charge in [-0.2, -0.15) is 0 Å². The van der Waals surface area contributed by atoms with Crippen molar-refractivity contribution < 1.29 is 24.3 Å². The molecule has 190 valence electrons. The highest BCUT2D eigenvalue weighted by molar-refractivity contribution is 5.78. The summed E-state index contributed by atoms with van der Waals surface area (Å²) >= 11 is 0. The van der Waals surface area contributed by atoms with Crippen molar-refractivity contribution in [3.8, 4) is 5.75 Å². The van der Waals surface area contributed by atoms with Crippen molar-refractivity contribution in [2.45, 2.75) is 25.7 Å². The third kappa shape index (κ3) is 9.75. The Kier molecular flexibility index (Phi) is 10.7. The zero-order valence-corrected chi connectivity index (χ0v) is 20.2. The van der Waals surface area contributed by atoms with Gasteiger partial charge in [0.2, 0.25) is 0 Å². The number of hydrogen-bond donors (Lipinski definition) is 4. The molecule has 9 nitrogen and oxygen atoms in total. The molecule has 4 N–H and O–H groups in total. The Morgan fingerprint density at radius 3 is 2.17 bits per heavy atom. The van der Waals surface area contributed by atoms with Crippen LogP contribution in [0.4, 0.5) is 4.79 Å². The molecule has 0 aromatic heterocycles. The molecule has 0 radical (unpaired) electrons. The van der Waals surface area contributed by atoms with E-state index in [0.717, 1.165) is 22.4 Å². The summed E-state index contributed by atoms with van der Waals surface area (Å²) in [6, 6.07) is 26.4. The number of amides is 3. The van der Waals surface area contributed by atoms with Crippen LogP contribution in [0.3, 0.4) is 0 Å². The average Bonchev–Trinajstić information content (AvgIpc) is 2.90. The standard InChI is InChI=1S/C27H32N4O5/c1-31(29-27(34)28-17-22-8-4-2-5-9-22)18-26(33)30-36-25(19-32)16-21-12-14-24(15-13-21)35-20-23-10-6-3-7-11-23/h2-15,25,32H,16-20H2,1H3,(H,30,33)(H2,28,29,34). The van der Waals surface area contributed by atoms with Crippen LogP contribution in [-0.2, 0) is 29.2 Å². The molecule has 0 fully saturated rings. The largest absolute Gasteiger partial charge is 0.489 e. The number of nitrogens with one attached hydrogen (secondary N) is 3. The number of benzene rings is 3. The first-order valence-corrected chi connectivity index (χ1v) is 11.6. The smallest absolute Gasteiger partial charge is 0.329 e. The van der Waals surface area contributed by atoms with Crippen LogP contribution in [0.1, 0.15) is 16.7 Å². The molecule has 0 aliphatic carbocycles. The SMILES string of the molecule is CN(CC(=O)NOC(CO)Cc1ccc(OCc2ccccc2)cc1)NC(=O)NCc1ccccc1. The lowest BCUT2D eigenvalue weighted by Crippen LogP contribution is -2.49. The van der Waals surface area contributed by atoms with E-state index in [2.05, 4.69) is 16.2 Å². The molecule has 3 amide bonds. The minimum Gasteiger partial charge on any atom is -0.489 e. The molecule has 1 atom stereocenters. The van der Waals surface area contributed by atoms with E-state index < -0.39 is 18.0 Å². The normalized spacial score (nSPS) is 11.5. The van der Waals surface area contributed by atoms with Crippen LogP contribution in [0.5, 0.6) is 5.75 Å². The van der Waals surface area contributed by atoms with Gasteiger partial charge >= 0.3 is 6.03 Å². The molecule has 0 saturated heterocycles. The molecule has 0 aliphatic rings. The van der Waals surface area contributed by atoms with Gasteiger partial charge in [-0.15, -0.1) is 0 Å². The van der Waals surface area contributed by atoms with Crippen molar-refractivity contribution in [2.24, 2.45) is 0 Å². The number of urea groups is 1. The number of rotatable bonds is 13. The van der Waals surface area contributed by atoms with Crippen molar-refractivity contribution in [1.82, 2.24) is 21.2 Å². The number of ether oxygens (including phenoxy) is 1. The molecule has 1 unspecified atom stereocenters. The van der Waals surface area contributed by atoms with Crippen molar-refractivity contribution >= 4 is 11.9 Å². The zero-order valence-electron chi connectivity index (χ0n) is 20.2. The molecule has 3 aromatic rings. The van der Waals surface area contributed by atoms with Crippen LogP contribution in [0, 0.1) is 0 Å². The highest BCUT2D eigenvalue weighted by atomic mass is 16.7. The Balaban J connectivity index is 1.34. The highest BCUT2D eigenvalue weighted by Gasteiger charge is 2.14. The van der Waals surface area contributed by atoms with Crippen molar-refractivity contribution in [3.63, 3.8) is 0 Å². The summed E-state index contributed by atoms with van der Waals surface area (Å²) in [4.78, 5) is 29.5. The molecule has 0 saturated carbocycles. The van der Waals surface area contributed by atoms with Gasteiger partial charge in [0.25, 0.3) is 5.91 Å². The number of carbonyl (C=O) groups excluding carboxylic acids is 2. The maximum absolute atomic E-state index is 12.2. The highest BCUT2D eigenvalue weighted by Crippen LogP contribution is 2.16. The summed E-state index contributed by atoms with van der Waals surface area (Å²) in [6.45, 7) is 0.438. The first-order valence-electron chi connectivity index (χ1n) is 11.6. The summed E-state index contributed by atoms with van der Waals surface area (Å²) in [5.74, 6) is 0.268. The second kappa shape index (κ2) is 14.5. The van der Waals surface area contributed by atoms with E-state index in [1.165, 1.54) is 5.01 Å². The van der Waals surface area contributed by atoms with Gasteiger partial charge in [-0.25, -0.2) is 15.3 Å². The number of carbonyl (C=O) groups is 2.